The quantitative estimate of drug-likeness (QED) is 0.856. The van der Waals surface area contributed by atoms with Crippen LogP contribution in [-0.2, 0) is 6.42 Å². The molecule has 0 aliphatic heterocycles. The zero-order valence-electron chi connectivity index (χ0n) is 11.0. The summed E-state index contributed by atoms with van der Waals surface area (Å²) >= 11 is 1.76. The van der Waals surface area contributed by atoms with E-state index in [9.17, 15) is 0 Å². The Hall–Kier alpha value is -1.19. The molecule has 0 radical (unpaired) electrons. The summed E-state index contributed by atoms with van der Waals surface area (Å²) in [5.74, 6) is 0. The van der Waals surface area contributed by atoms with Crippen LogP contribution in [-0.4, -0.2) is 11.5 Å². The van der Waals surface area contributed by atoms with Crippen molar-refractivity contribution in [1.82, 2.24) is 10.3 Å². The van der Waals surface area contributed by atoms with Gasteiger partial charge in [0, 0.05) is 17.9 Å². The molecule has 2 rings (SSSR count). The fourth-order valence-corrected chi connectivity index (χ4v) is 2.64. The first-order valence-corrected chi connectivity index (χ1v) is 7.41. The minimum absolute atomic E-state index is 0.368. The van der Waals surface area contributed by atoms with Crippen molar-refractivity contribution < 1.29 is 0 Å². The molecule has 2 heterocycles. The number of thiophene rings is 1. The van der Waals surface area contributed by atoms with Crippen LogP contribution >= 0.6 is 11.3 Å². The number of hydrogen-bond acceptors (Lipinski definition) is 3. The van der Waals surface area contributed by atoms with Crippen molar-refractivity contribution in [3.05, 3.63) is 52.0 Å². The summed E-state index contributed by atoms with van der Waals surface area (Å²) in [5, 5.41) is 7.97. The molecular weight excluding hydrogens is 240 g/mol. The Morgan fingerprint density at radius 2 is 2.22 bits per heavy atom. The van der Waals surface area contributed by atoms with E-state index >= 15 is 0 Å². The number of aryl methyl sites for hydroxylation is 1. The van der Waals surface area contributed by atoms with Crippen molar-refractivity contribution in [3.63, 3.8) is 0 Å². The molecule has 0 aliphatic carbocycles. The van der Waals surface area contributed by atoms with Crippen molar-refractivity contribution in [3.8, 4) is 0 Å². The van der Waals surface area contributed by atoms with Gasteiger partial charge in [0.2, 0.25) is 0 Å². The molecule has 0 aromatic carbocycles. The van der Waals surface area contributed by atoms with E-state index in [2.05, 4.69) is 46.2 Å². The molecular formula is C15H20N2S. The highest BCUT2D eigenvalue weighted by Gasteiger charge is 2.12. The van der Waals surface area contributed by atoms with Gasteiger partial charge in [-0.3, -0.25) is 4.98 Å². The summed E-state index contributed by atoms with van der Waals surface area (Å²) in [4.78, 5) is 4.40. The van der Waals surface area contributed by atoms with Crippen LogP contribution in [0.25, 0.3) is 0 Å². The van der Waals surface area contributed by atoms with Crippen molar-refractivity contribution in [2.24, 2.45) is 0 Å². The zero-order valence-corrected chi connectivity index (χ0v) is 11.8. The van der Waals surface area contributed by atoms with Crippen LogP contribution in [0.4, 0.5) is 0 Å². The number of nitrogens with zero attached hydrogens (tertiary/aromatic N) is 1. The number of nitrogens with one attached hydrogen (secondary N) is 1. The summed E-state index contributed by atoms with van der Waals surface area (Å²) in [6.07, 6.45) is 4.18. The van der Waals surface area contributed by atoms with Crippen molar-refractivity contribution in [2.75, 3.05) is 6.54 Å². The predicted octanol–water partition coefficient (Wildman–Crippen LogP) is 3.73. The normalized spacial score (nSPS) is 12.6. The molecule has 2 nitrogen and oxygen atoms in total. The van der Waals surface area contributed by atoms with Gasteiger partial charge in [-0.1, -0.05) is 13.0 Å². The molecule has 3 heteroatoms. The molecule has 18 heavy (non-hydrogen) atoms. The zero-order chi connectivity index (χ0) is 12.8. The van der Waals surface area contributed by atoms with Gasteiger partial charge in [-0.2, -0.15) is 11.3 Å². The highest BCUT2D eigenvalue weighted by Crippen LogP contribution is 2.19. The monoisotopic (exact) mass is 260 g/mol. The lowest BCUT2D eigenvalue weighted by molar-refractivity contribution is 0.528. The van der Waals surface area contributed by atoms with Crippen LogP contribution in [0.15, 0.2) is 35.2 Å². The van der Waals surface area contributed by atoms with Gasteiger partial charge < -0.3 is 5.32 Å². The van der Waals surface area contributed by atoms with E-state index in [-0.39, 0.29) is 0 Å². The maximum Gasteiger partial charge on any atom is 0.0376 e. The number of pyridine rings is 1. The molecule has 96 valence electrons. The van der Waals surface area contributed by atoms with E-state index in [1.807, 2.05) is 13.1 Å². The van der Waals surface area contributed by atoms with Crippen molar-refractivity contribution in [2.45, 2.75) is 32.7 Å². The lowest BCUT2D eigenvalue weighted by Crippen LogP contribution is -2.24. The van der Waals surface area contributed by atoms with Gasteiger partial charge in [-0.25, -0.2) is 0 Å². The minimum Gasteiger partial charge on any atom is -0.310 e. The van der Waals surface area contributed by atoms with Crippen LogP contribution in [0.2, 0.25) is 0 Å². The largest absolute Gasteiger partial charge is 0.310 e. The first-order chi connectivity index (χ1) is 8.79. The summed E-state index contributed by atoms with van der Waals surface area (Å²) in [6, 6.07) is 6.84. The van der Waals surface area contributed by atoms with Gasteiger partial charge in [0.1, 0.15) is 0 Å². The second kappa shape index (κ2) is 6.66. The second-order valence-corrected chi connectivity index (χ2v) is 5.36. The maximum absolute atomic E-state index is 4.40. The summed E-state index contributed by atoms with van der Waals surface area (Å²) in [6.45, 7) is 5.27. The third kappa shape index (κ3) is 3.65. The van der Waals surface area contributed by atoms with Gasteiger partial charge in [0.05, 0.1) is 0 Å². The Labute approximate surface area is 113 Å². The smallest absolute Gasteiger partial charge is 0.0376 e. The Bertz CT molecular complexity index is 448. The third-order valence-corrected chi connectivity index (χ3v) is 3.73. The van der Waals surface area contributed by atoms with Crippen LogP contribution in [0.1, 0.15) is 36.2 Å². The standard InChI is InChI=1S/C15H20N2S/c1-3-7-16-15(9-13-6-8-18-11-13)14-5-4-12(2)17-10-14/h4-6,8,10-11,15-16H,3,7,9H2,1-2H3. The molecule has 1 atom stereocenters. The SMILES string of the molecule is CCCNC(Cc1ccsc1)c1ccc(C)nc1. The molecule has 0 bridgehead atoms. The Morgan fingerprint density at radius 1 is 1.33 bits per heavy atom. The lowest BCUT2D eigenvalue weighted by Gasteiger charge is -2.18. The Balaban J connectivity index is 2.11. The van der Waals surface area contributed by atoms with Gasteiger partial charge in [-0.05, 0) is 60.3 Å². The molecule has 0 amide bonds. The minimum atomic E-state index is 0.368. The van der Waals surface area contributed by atoms with E-state index in [0.717, 1.165) is 25.1 Å². The lowest BCUT2D eigenvalue weighted by atomic mass is 10.0. The van der Waals surface area contributed by atoms with Crippen LogP contribution in [0, 0.1) is 6.92 Å². The number of rotatable bonds is 6. The topological polar surface area (TPSA) is 24.9 Å². The summed E-state index contributed by atoms with van der Waals surface area (Å²) in [5.41, 5.74) is 3.75. The Kier molecular flexibility index (Phi) is 4.90. The summed E-state index contributed by atoms with van der Waals surface area (Å²) < 4.78 is 0. The van der Waals surface area contributed by atoms with Gasteiger partial charge in [0.15, 0.2) is 0 Å². The van der Waals surface area contributed by atoms with Crippen LogP contribution < -0.4 is 5.32 Å². The molecule has 0 aliphatic rings. The number of aromatic nitrogens is 1. The van der Waals surface area contributed by atoms with Gasteiger partial charge in [-0.15, -0.1) is 0 Å². The molecule has 1 N–H and O–H groups in total. The first-order valence-electron chi connectivity index (χ1n) is 6.46. The van der Waals surface area contributed by atoms with E-state index in [0.29, 0.717) is 6.04 Å². The van der Waals surface area contributed by atoms with Crippen LogP contribution in [0.3, 0.4) is 0 Å². The molecule has 0 saturated carbocycles. The van der Waals surface area contributed by atoms with Crippen LogP contribution in [0.5, 0.6) is 0 Å². The van der Waals surface area contributed by atoms with E-state index < -0.39 is 0 Å². The number of hydrogen-bond donors (Lipinski definition) is 1. The van der Waals surface area contributed by atoms with E-state index in [1.165, 1.54) is 11.1 Å². The molecule has 2 aromatic heterocycles. The Morgan fingerprint density at radius 3 is 2.83 bits per heavy atom. The van der Waals surface area contributed by atoms with E-state index in [1.54, 1.807) is 11.3 Å². The first kappa shape index (κ1) is 13.2. The molecule has 1 unspecified atom stereocenters. The fourth-order valence-electron chi connectivity index (χ4n) is 1.96. The fraction of sp³-hybridized carbons (Fsp3) is 0.400. The molecule has 0 fully saturated rings. The highest BCUT2D eigenvalue weighted by molar-refractivity contribution is 7.07. The second-order valence-electron chi connectivity index (χ2n) is 4.58. The molecule has 0 saturated heterocycles. The summed E-state index contributed by atoms with van der Waals surface area (Å²) in [7, 11) is 0. The van der Waals surface area contributed by atoms with Crippen molar-refractivity contribution >= 4 is 11.3 Å². The third-order valence-electron chi connectivity index (χ3n) is 3.00. The highest BCUT2D eigenvalue weighted by atomic mass is 32.1. The van der Waals surface area contributed by atoms with Gasteiger partial charge in [0.25, 0.3) is 0 Å². The van der Waals surface area contributed by atoms with E-state index in [4.69, 9.17) is 0 Å². The average molecular weight is 260 g/mol. The molecule has 0 spiro atoms. The predicted molar refractivity (Wildman–Crippen MR) is 78.0 cm³/mol. The van der Waals surface area contributed by atoms with Gasteiger partial charge >= 0.3 is 0 Å². The molecule has 2 aromatic rings. The van der Waals surface area contributed by atoms with Crippen molar-refractivity contribution in [1.29, 1.82) is 0 Å². The maximum atomic E-state index is 4.40. The average Bonchev–Trinajstić information content (AvgIpc) is 2.88.